The van der Waals surface area contributed by atoms with Crippen molar-refractivity contribution in [3.05, 3.63) is 29.8 Å². The maximum atomic E-state index is 12.4. The molecule has 0 spiro atoms. The molecule has 0 radical (unpaired) electrons. The molecule has 0 saturated carbocycles. The molecular weight excluding hydrogens is 237 g/mol. The third kappa shape index (κ3) is 2.86. The van der Waals surface area contributed by atoms with Crippen LogP contribution in [-0.4, -0.2) is 12.0 Å². The Morgan fingerprint density at radius 2 is 1.88 bits per heavy atom. The van der Waals surface area contributed by atoms with Crippen molar-refractivity contribution >= 4 is 17.7 Å². The van der Waals surface area contributed by atoms with Crippen LogP contribution in [0.25, 0.3) is 0 Å². The lowest BCUT2D eigenvalue weighted by Crippen LogP contribution is -2.44. The number of amides is 2. The Morgan fingerprint density at radius 1 is 1.29 bits per heavy atom. The second-order valence-electron chi connectivity index (χ2n) is 3.11. The molecule has 17 heavy (non-hydrogen) atoms. The van der Waals surface area contributed by atoms with Gasteiger partial charge in [-0.2, -0.15) is 13.2 Å². The highest BCUT2D eigenvalue weighted by Gasteiger charge is 2.31. The van der Waals surface area contributed by atoms with Crippen LogP contribution in [0.2, 0.25) is 0 Å². The number of urea groups is 1. The summed E-state index contributed by atoms with van der Waals surface area (Å²) in [7, 11) is 0. The molecule has 1 aromatic carbocycles. The van der Waals surface area contributed by atoms with Crippen LogP contribution in [0.15, 0.2) is 24.3 Å². The SMILES string of the molecule is N=C(N)N(C(N)=O)c1cccc(C(F)(F)F)c1. The van der Waals surface area contributed by atoms with E-state index < -0.39 is 23.7 Å². The van der Waals surface area contributed by atoms with Crippen LogP contribution in [-0.2, 0) is 6.18 Å². The number of halogens is 3. The molecule has 0 heterocycles. The Hall–Kier alpha value is -2.25. The lowest BCUT2D eigenvalue weighted by molar-refractivity contribution is -0.137. The predicted molar refractivity (Wildman–Crippen MR) is 55.4 cm³/mol. The number of hydrogen-bond acceptors (Lipinski definition) is 2. The number of nitrogens with one attached hydrogen (secondary N) is 1. The van der Waals surface area contributed by atoms with Crippen molar-refractivity contribution < 1.29 is 18.0 Å². The van der Waals surface area contributed by atoms with E-state index in [0.29, 0.717) is 11.0 Å². The number of carbonyl (C=O) groups is 1. The highest BCUT2D eigenvalue weighted by molar-refractivity contribution is 6.13. The fourth-order valence-corrected chi connectivity index (χ4v) is 1.21. The van der Waals surface area contributed by atoms with E-state index in [0.717, 1.165) is 12.1 Å². The van der Waals surface area contributed by atoms with Gasteiger partial charge in [-0.15, -0.1) is 0 Å². The van der Waals surface area contributed by atoms with Gasteiger partial charge in [0.1, 0.15) is 0 Å². The molecule has 0 unspecified atom stereocenters. The molecule has 0 atom stereocenters. The highest BCUT2D eigenvalue weighted by Crippen LogP contribution is 2.31. The number of carbonyl (C=O) groups excluding carboxylic acids is 1. The van der Waals surface area contributed by atoms with Crippen LogP contribution in [0.1, 0.15) is 5.56 Å². The number of benzene rings is 1. The summed E-state index contributed by atoms with van der Waals surface area (Å²) in [6, 6.07) is 2.68. The van der Waals surface area contributed by atoms with Gasteiger partial charge in [0.2, 0.25) is 5.96 Å². The van der Waals surface area contributed by atoms with E-state index >= 15 is 0 Å². The van der Waals surface area contributed by atoms with E-state index in [2.05, 4.69) is 0 Å². The summed E-state index contributed by atoms with van der Waals surface area (Å²) < 4.78 is 37.2. The molecule has 0 aromatic heterocycles. The molecule has 0 aliphatic rings. The lowest BCUT2D eigenvalue weighted by atomic mass is 10.2. The van der Waals surface area contributed by atoms with Crippen LogP contribution < -0.4 is 16.4 Å². The predicted octanol–water partition coefficient (Wildman–Crippen LogP) is 1.48. The van der Waals surface area contributed by atoms with Crippen LogP contribution >= 0.6 is 0 Å². The molecule has 0 aliphatic carbocycles. The molecule has 1 rings (SSSR count). The lowest BCUT2D eigenvalue weighted by Gasteiger charge is -2.19. The zero-order valence-corrected chi connectivity index (χ0v) is 8.45. The normalized spacial score (nSPS) is 11.0. The van der Waals surface area contributed by atoms with E-state index in [4.69, 9.17) is 16.9 Å². The monoisotopic (exact) mass is 246 g/mol. The molecular formula is C9H9F3N4O. The van der Waals surface area contributed by atoms with E-state index in [1.54, 1.807) is 0 Å². The minimum absolute atomic E-state index is 0.208. The Kier molecular flexibility index (Phi) is 3.26. The van der Waals surface area contributed by atoms with Gasteiger partial charge >= 0.3 is 12.2 Å². The van der Waals surface area contributed by atoms with Crippen molar-refractivity contribution in [3.63, 3.8) is 0 Å². The number of guanidine groups is 1. The quantitative estimate of drug-likeness (QED) is 0.517. The zero-order valence-electron chi connectivity index (χ0n) is 8.45. The zero-order chi connectivity index (χ0) is 13.2. The van der Waals surface area contributed by atoms with Gasteiger partial charge in [0, 0.05) is 0 Å². The molecule has 0 bridgehead atoms. The van der Waals surface area contributed by atoms with Crippen molar-refractivity contribution in [2.24, 2.45) is 11.5 Å². The van der Waals surface area contributed by atoms with E-state index in [9.17, 15) is 18.0 Å². The highest BCUT2D eigenvalue weighted by atomic mass is 19.4. The number of rotatable bonds is 1. The van der Waals surface area contributed by atoms with Crippen molar-refractivity contribution in [2.45, 2.75) is 6.18 Å². The number of nitrogens with two attached hydrogens (primary N) is 2. The van der Waals surface area contributed by atoms with Gasteiger partial charge in [0.15, 0.2) is 0 Å². The smallest absolute Gasteiger partial charge is 0.369 e. The van der Waals surface area contributed by atoms with Crippen LogP contribution in [0, 0.1) is 5.41 Å². The van der Waals surface area contributed by atoms with Gasteiger partial charge in [0.25, 0.3) is 0 Å². The minimum Gasteiger partial charge on any atom is -0.369 e. The molecule has 5 nitrogen and oxygen atoms in total. The average molecular weight is 246 g/mol. The maximum absolute atomic E-state index is 12.4. The van der Waals surface area contributed by atoms with Gasteiger partial charge in [0.05, 0.1) is 11.3 Å². The third-order valence-electron chi connectivity index (χ3n) is 1.89. The van der Waals surface area contributed by atoms with E-state index in [-0.39, 0.29) is 5.69 Å². The number of anilines is 1. The number of nitrogens with zero attached hydrogens (tertiary/aromatic N) is 1. The molecule has 92 valence electrons. The first kappa shape index (κ1) is 12.8. The first-order valence-electron chi connectivity index (χ1n) is 4.34. The van der Waals surface area contributed by atoms with Gasteiger partial charge in [-0.25, -0.2) is 9.69 Å². The van der Waals surface area contributed by atoms with Gasteiger partial charge in [-0.05, 0) is 18.2 Å². The fraction of sp³-hybridized carbons (Fsp3) is 0.111. The summed E-state index contributed by atoms with van der Waals surface area (Å²) in [5.41, 5.74) is 8.81. The van der Waals surface area contributed by atoms with Crippen LogP contribution in [0.3, 0.4) is 0 Å². The first-order valence-corrected chi connectivity index (χ1v) is 4.34. The fourth-order valence-electron chi connectivity index (χ4n) is 1.21. The second kappa shape index (κ2) is 4.32. The topological polar surface area (TPSA) is 96.2 Å². The summed E-state index contributed by atoms with van der Waals surface area (Å²) in [5.74, 6) is -0.753. The van der Waals surface area contributed by atoms with Crippen LogP contribution in [0.5, 0.6) is 0 Å². The summed E-state index contributed by atoms with van der Waals surface area (Å²) in [4.78, 5) is 11.4. The largest absolute Gasteiger partial charge is 0.416 e. The van der Waals surface area contributed by atoms with Gasteiger partial charge < -0.3 is 11.5 Å². The molecule has 0 aliphatic heterocycles. The van der Waals surface area contributed by atoms with E-state index in [1.165, 1.54) is 6.07 Å². The Bertz CT molecular complexity index is 444. The molecule has 2 amide bonds. The summed E-state index contributed by atoms with van der Waals surface area (Å²) in [5, 5.41) is 7.07. The molecule has 0 fully saturated rings. The van der Waals surface area contributed by atoms with Gasteiger partial charge in [-0.3, -0.25) is 5.41 Å². The number of alkyl halides is 3. The first-order chi connectivity index (χ1) is 7.73. The second-order valence-corrected chi connectivity index (χ2v) is 3.11. The molecule has 0 saturated heterocycles. The number of primary amides is 1. The maximum Gasteiger partial charge on any atom is 0.416 e. The van der Waals surface area contributed by atoms with Crippen LogP contribution in [0.4, 0.5) is 23.7 Å². The third-order valence-corrected chi connectivity index (χ3v) is 1.89. The Labute approximate surface area is 94.3 Å². The van der Waals surface area contributed by atoms with Crippen molar-refractivity contribution in [2.75, 3.05) is 4.90 Å². The molecule has 1 aromatic rings. The van der Waals surface area contributed by atoms with Crippen molar-refractivity contribution in [1.29, 1.82) is 5.41 Å². The molecule has 5 N–H and O–H groups in total. The van der Waals surface area contributed by atoms with Crippen molar-refractivity contribution in [3.8, 4) is 0 Å². The Morgan fingerprint density at radius 3 is 2.29 bits per heavy atom. The van der Waals surface area contributed by atoms with E-state index in [1.807, 2.05) is 0 Å². The Balaban J connectivity index is 3.23. The summed E-state index contributed by atoms with van der Waals surface area (Å²) in [6.45, 7) is 0. The molecule has 8 heteroatoms. The van der Waals surface area contributed by atoms with Gasteiger partial charge in [-0.1, -0.05) is 6.07 Å². The minimum atomic E-state index is -4.55. The summed E-state index contributed by atoms with van der Waals surface area (Å²) >= 11 is 0. The standard InChI is InChI=1S/C9H9F3N4O/c10-9(11,12)5-2-1-3-6(4-5)16(7(13)14)8(15)17/h1-4H,(H3,13,14)(H2,15,17). The average Bonchev–Trinajstić information content (AvgIpc) is 2.15. The van der Waals surface area contributed by atoms with Crippen molar-refractivity contribution in [1.82, 2.24) is 0 Å². The summed E-state index contributed by atoms with van der Waals surface area (Å²) in [6.07, 6.45) is -4.55. The number of hydrogen-bond donors (Lipinski definition) is 3.